The molecule has 19 heavy (non-hydrogen) atoms. The highest BCUT2D eigenvalue weighted by Gasteiger charge is 2.15. The molecule has 1 aromatic rings. The summed E-state index contributed by atoms with van der Waals surface area (Å²) in [6, 6.07) is 2.15. The molecule has 0 aromatic heterocycles. The number of hydrogen-bond acceptors (Lipinski definition) is 4. The molecule has 0 aliphatic rings. The van der Waals surface area contributed by atoms with E-state index in [1.807, 2.05) is 0 Å². The lowest BCUT2D eigenvalue weighted by Gasteiger charge is -2.17. The fraction of sp³-hybridized carbons (Fsp3) is 0.385. The Morgan fingerprint density at radius 2 is 2.05 bits per heavy atom. The fourth-order valence-electron chi connectivity index (χ4n) is 1.72. The molecule has 0 saturated heterocycles. The number of benzene rings is 1. The van der Waals surface area contributed by atoms with Crippen molar-refractivity contribution < 1.29 is 19.1 Å². The van der Waals surface area contributed by atoms with Crippen LogP contribution in [0.25, 0.3) is 0 Å². The van der Waals surface area contributed by atoms with Gasteiger partial charge in [-0.25, -0.2) is 4.39 Å². The van der Waals surface area contributed by atoms with Gasteiger partial charge < -0.3 is 10.4 Å². The second-order valence-corrected chi connectivity index (χ2v) is 4.36. The Morgan fingerprint density at radius 3 is 2.58 bits per heavy atom. The molecule has 0 bridgehead atoms. The van der Waals surface area contributed by atoms with Gasteiger partial charge in [-0.1, -0.05) is 0 Å². The maximum Gasteiger partial charge on any atom is 0.233 e. The molecule has 0 saturated carbocycles. The van der Waals surface area contributed by atoms with Gasteiger partial charge in [0.2, 0.25) is 5.91 Å². The standard InChI is InChI=1S/C13H17FN2O3/c1-8(17)11-5-10(14)4-9(13(11)19)6-16(3)7-12(18)15-2/h4-5,19H,6-7H2,1-3H3,(H,15,18). The van der Waals surface area contributed by atoms with E-state index in [0.717, 1.165) is 12.1 Å². The van der Waals surface area contributed by atoms with Crippen molar-refractivity contribution >= 4 is 11.7 Å². The molecule has 104 valence electrons. The summed E-state index contributed by atoms with van der Waals surface area (Å²) >= 11 is 0. The molecule has 0 atom stereocenters. The van der Waals surface area contributed by atoms with Crippen LogP contribution < -0.4 is 5.32 Å². The Bertz CT molecular complexity index is 503. The van der Waals surface area contributed by atoms with E-state index >= 15 is 0 Å². The zero-order chi connectivity index (χ0) is 14.6. The molecular weight excluding hydrogens is 251 g/mol. The molecule has 6 heteroatoms. The van der Waals surface area contributed by atoms with Crippen molar-refractivity contribution in [1.29, 1.82) is 0 Å². The summed E-state index contributed by atoms with van der Waals surface area (Å²) in [5, 5.41) is 12.4. The first kappa shape index (κ1) is 15.1. The summed E-state index contributed by atoms with van der Waals surface area (Å²) in [6.07, 6.45) is 0. The van der Waals surface area contributed by atoms with E-state index in [1.54, 1.807) is 11.9 Å². The number of amides is 1. The quantitative estimate of drug-likeness (QED) is 0.779. The highest BCUT2D eigenvalue weighted by molar-refractivity contribution is 5.97. The summed E-state index contributed by atoms with van der Waals surface area (Å²) in [5.74, 6) is -1.43. The van der Waals surface area contributed by atoms with Gasteiger partial charge in [-0.05, 0) is 26.1 Å². The lowest BCUT2D eigenvalue weighted by Crippen LogP contribution is -2.32. The Kier molecular flexibility index (Phi) is 5.00. The van der Waals surface area contributed by atoms with E-state index in [4.69, 9.17) is 0 Å². The van der Waals surface area contributed by atoms with Crippen LogP contribution in [-0.2, 0) is 11.3 Å². The van der Waals surface area contributed by atoms with Crippen molar-refractivity contribution in [2.45, 2.75) is 13.5 Å². The van der Waals surface area contributed by atoms with Crippen molar-refractivity contribution in [3.05, 3.63) is 29.1 Å². The zero-order valence-corrected chi connectivity index (χ0v) is 11.2. The molecule has 0 spiro atoms. The minimum atomic E-state index is -0.591. The molecule has 1 aromatic carbocycles. The average molecular weight is 268 g/mol. The van der Waals surface area contributed by atoms with Gasteiger partial charge in [0.1, 0.15) is 11.6 Å². The summed E-state index contributed by atoms with van der Waals surface area (Å²) in [5.41, 5.74) is 0.222. The Morgan fingerprint density at radius 1 is 1.42 bits per heavy atom. The number of phenolic OH excluding ortho intramolecular Hbond substituents is 1. The lowest BCUT2D eigenvalue weighted by molar-refractivity contribution is -0.121. The molecule has 1 rings (SSSR count). The molecule has 0 radical (unpaired) electrons. The van der Waals surface area contributed by atoms with E-state index in [1.165, 1.54) is 14.0 Å². The number of carbonyl (C=O) groups excluding carboxylic acids is 2. The van der Waals surface area contributed by atoms with Crippen LogP contribution in [0.2, 0.25) is 0 Å². The van der Waals surface area contributed by atoms with Gasteiger partial charge in [0, 0.05) is 19.2 Å². The number of phenols is 1. The Balaban J connectivity index is 2.95. The van der Waals surface area contributed by atoms with Gasteiger partial charge in [-0.3, -0.25) is 14.5 Å². The van der Waals surface area contributed by atoms with Crippen LogP contribution >= 0.6 is 0 Å². The molecule has 0 fully saturated rings. The van der Waals surface area contributed by atoms with Crippen molar-refractivity contribution in [2.75, 3.05) is 20.6 Å². The topological polar surface area (TPSA) is 69.6 Å². The first-order valence-electron chi connectivity index (χ1n) is 5.76. The molecule has 0 aliphatic carbocycles. The minimum absolute atomic E-state index is 0.0525. The second kappa shape index (κ2) is 6.29. The summed E-state index contributed by atoms with van der Waals surface area (Å²) < 4.78 is 13.4. The molecule has 5 nitrogen and oxygen atoms in total. The lowest BCUT2D eigenvalue weighted by atomic mass is 10.1. The normalized spacial score (nSPS) is 10.6. The van der Waals surface area contributed by atoms with Crippen LogP contribution in [0.4, 0.5) is 4.39 Å². The molecule has 1 amide bonds. The van der Waals surface area contributed by atoms with Gasteiger partial charge in [-0.15, -0.1) is 0 Å². The number of ketones is 1. The van der Waals surface area contributed by atoms with Gasteiger partial charge in [-0.2, -0.15) is 0 Å². The first-order valence-corrected chi connectivity index (χ1v) is 5.76. The Hall–Kier alpha value is -1.95. The predicted octanol–water partition coefficient (Wildman–Crippen LogP) is 0.912. The van der Waals surface area contributed by atoms with Crippen LogP contribution in [0.3, 0.4) is 0 Å². The van der Waals surface area contributed by atoms with Gasteiger partial charge in [0.05, 0.1) is 12.1 Å². The van der Waals surface area contributed by atoms with Gasteiger partial charge in [0.25, 0.3) is 0 Å². The van der Waals surface area contributed by atoms with Gasteiger partial charge in [0.15, 0.2) is 5.78 Å². The van der Waals surface area contributed by atoms with Crippen LogP contribution in [0, 0.1) is 5.82 Å². The predicted molar refractivity (Wildman–Crippen MR) is 68.5 cm³/mol. The van der Waals surface area contributed by atoms with Crippen molar-refractivity contribution in [3.63, 3.8) is 0 Å². The SMILES string of the molecule is CNC(=O)CN(C)Cc1cc(F)cc(C(C)=O)c1O. The number of likely N-dealkylation sites (N-methyl/N-ethyl adjacent to an activating group) is 2. The molecular formula is C13H17FN2O3. The maximum atomic E-state index is 13.4. The Labute approximate surface area is 111 Å². The number of aromatic hydroxyl groups is 1. The third-order valence-electron chi connectivity index (χ3n) is 2.67. The number of halogens is 1. The summed E-state index contributed by atoms with van der Waals surface area (Å²) in [4.78, 5) is 24.1. The van der Waals surface area contributed by atoms with Crippen LogP contribution in [0.5, 0.6) is 5.75 Å². The highest BCUT2D eigenvalue weighted by Crippen LogP contribution is 2.25. The molecule has 0 unspecified atom stereocenters. The average Bonchev–Trinajstić information content (AvgIpc) is 2.32. The smallest absolute Gasteiger partial charge is 0.233 e. The van der Waals surface area contributed by atoms with Crippen molar-refractivity contribution in [3.8, 4) is 5.75 Å². The largest absolute Gasteiger partial charge is 0.507 e. The third kappa shape index (κ3) is 4.03. The first-order chi connectivity index (χ1) is 8.85. The van der Waals surface area contributed by atoms with Crippen molar-refractivity contribution in [2.24, 2.45) is 0 Å². The van der Waals surface area contributed by atoms with Crippen LogP contribution in [0.1, 0.15) is 22.8 Å². The minimum Gasteiger partial charge on any atom is -0.507 e. The number of hydrogen-bond donors (Lipinski definition) is 2. The van der Waals surface area contributed by atoms with Crippen LogP contribution in [0.15, 0.2) is 12.1 Å². The van der Waals surface area contributed by atoms with E-state index in [0.29, 0.717) is 0 Å². The second-order valence-electron chi connectivity index (χ2n) is 4.36. The van der Waals surface area contributed by atoms with Gasteiger partial charge >= 0.3 is 0 Å². The number of nitrogens with one attached hydrogen (secondary N) is 1. The molecule has 0 heterocycles. The van der Waals surface area contributed by atoms with E-state index in [-0.39, 0.29) is 35.9 Å². The number of rotatable bonds is 5. The maximum absolute atomic E-state index is 13.4. The summed E-state index contributed by atoms with van der Waals surface area (Å²) in [6.45, 7) is 1.53. The number of carbonyl (C=O) groups is 2. The molecule has 0 aliphatic heterocycles. The highest BCUT2D eigenvalue weighted by atomic mass is 19.1. The van der Waals surface area contributed by atoms with Crippen LogP contribution in [-0.4, -0.2) is 42.3 Å². The molecule has 2 N–H and O–H groups in total. The van der Waals surface area contributed by atoms with E-state index in [2.05, 4.69) is 5.32 Å². The fourth-order valence-corrected chi connectivity index (χ4v) is 1.72. The zero-order valence-electron chi connectivity index (χ0n) is 11.2. The number of nitrogens with zero attached hydrogens (tertiary/aromatic N) is 1. The summed E-state index contributed by atoms with van der Waals surface area (Å²) in [7, 11) is 3.18. The number of Topliss-reactive ketones (excluding diaryl/α,β-unsaturated/α-hetero) is 1. The monoisotopic (exact) mass is 268 g/mol. The van der Waals surface area contributed by atoms with Crippen molar-refractivity contribution in [1.82, 2.24) is 10.2 Å². The van der Waals surface area contributed by atoms with E-state index in [9.17, 15) is 19.1 Å². The third-order valence-corrected chi connectivity index (χ3v) is 2.67. The van der Waals surface area contributed by atoms with E-state index < -0.39 is 11.6 Å².